The highest BCUT2D eigenvalue weighted by Crippen LogP contribution is 2.16. The summed E-state index contributed by atoms with van der Waals surface area (Å²) in [6.07, 6.45) is -3.41. The van der Waals surface area contributed by atoms with Crippen molar-refractivity contribution < 1.29 is 26.4 Å². The molecule has 0 heterocycles. The van der Waals surface area contributed by atoms with Crippen LogP contribution in [-0.4, -0.2) is 33.4 Å². The van der Waals surface area contributed by atoms with Gasteiger partial charge in [-0.15, -0.1) is 0 Å². The lowest BCUT2D eigenvalue weighted by Gasteiger charge is -2.16. The zero-order chi connectivity index (χ0) is 16.3. The summed E-state index contributed by atoms with van der Waals surface area (Å²) in [6, 6.07) is 4.21. The second-order valence-electron chi connectivity index (χ2n) is 4.51. The standard InChI is InChI=1S/C12H15F3N2O3S/c1-8(17-11(18)16-7-12(13,14)15)9-3-5-10(6-4-9)21(2,19)20/h3-6,8H,7H2,1-2H3,(H2,16,17,18). The van der Waals surface area contributed by atoms with Crippen molar-refractivity contribution in [3.63, 3.8) is 0 Å². The summed E-state index contributed by atoms with van der Waals surface area (Å²) in [6.45, 7) is 0.154. The Kier molecular flexibility index (Phi) is 5.21. The number of alkyl halides is 3. The van der Waals surface area contributed by atoms with E-state index >= 15 is 0 Å². The molecule has 1 aromatic rings. The molecule has 1 rings (SSSR count). The molecule has 0 spiro atoms. The summed E-state index contributed by atoms with van der Waals surface area (Å²) in [5, 5.41) is 4.02. The van der Waals surface area contributed by atoms with Crippen molar-refractivity contribution >= 4 is 15.9 Å². The fraction of sp³-hybridized carbons (Fsp3) is 0.417. The Balaban J connectivity index is 2.64. The first kappa shape index (κ1) is 17.3. The maximum atomic E-state index is 11.9. The Morgan fingerprint density at radius 1 is 1.24 bits per heavy atom. The van der Waals surface area contributed by atoms with Gasteiger partial charge in [0.05, 0.1) is 10.9 Å². The highest BCUT2D eigenvalue weighted by molar-refractivity contribution is 7.90. The van der Waals surface area contributed by atoms with Crippen LogP contribution in [0.2, 0.25) is 0 Å². The van der Waals surface area contributed by atoms with E-state index in [1.54, 1.807) is 12.2 Å². The monoisotopic (exact) mass is 324 g/mol. The van der Waals surface area contributed by atoms with Crippen molar-refractivity contribution in [1.82, 2.24) is 10.6 Å². The quantitative estimate of drug-likeness (QED) is 0.890. The largest absolute Gasteiger partial charge is 0.405 e. The molecule has 0 saturated heterocycles. The highest BCUT2D eigenvalue weighted by Gasteiger charge is 2.27. The average Bonchev–Trinajstić information content (AvgIpc) is 2.34. The first-order valence-corrected chi connectivity index (χ1v) is 7.79. The second kappa shape index (κ2) is 6.33. The van der Waals surface area contributed by atoms with E-state index < -0.39 is 34.6 Å². The maximum Gasteiger partial charge on any atom is 0.405 e. The molecule has 0 bridgehead atoms. The molecule has 0 aliphatic heterocycles. The van der Waals surface area contributed by atoms with Crippen LogP contribution in [0.15, 0.2) is 29.2 Å². The molecule has 0 aliphatic rings. The zero-order valence-electron chi connectivity index (χ0n) is 11.4. The summed E-state index contributed by atoms with van der Waals surface area (Å²) >= 11 is 0. The molecule has 0 aliphatic carbocycles. The van der Waals surface area contributed by atoms with Gasteiger partial charge >= 0.3 is 12.2 Å². The number of halogens is 3. The van der Waals surface area contributed by atoms with E-state index in [2.05, 4.69) is 5.32 Å². The molecule has 0 saturated carbocycles. The Labute approximate surface area is 120 Å². The van der Waals surface area contributed by atoms with Gasteiger partial charge in [0.15, 0.2) is 9.84 Å². The van der Waals surface area contributed by atoms with E-state index in [1.165, 1.54) is 24.3 Å². The number of benzene rings is 1. The van der Waals surface area contributed by atoms with Crippen molar-refractivity contribution in [2.45, 2.75) is 24.0 Å². The average molecular weight is 324 g/mol. The molecule has 1 aromatic carbocycles. The molecular formula is C12H15F3N2O3S. The van der Waals surface area contributed by atoms with Gasteiger partial charge < -0.3 is 10.6 Å². The molecule has 21 heavy (non-hydrogen) atoms. The Morgan fingerprint density at radius 3 is 2.19 bits per heavy atom. The van der Waals surface area contributed by atoms with Crippen molar-refractivity contribution in [3.05, 3.63) is 29.8 Å². The van der Waals surface area contributed by atoms with Crippen LogP contribution in [0.3, 0.4) is 0 Å². The van der Waals surface area contributed by atoms with Crippen LogP contribution in [0.5, 0.6) is 0 Å². The van der Waals surface area contributed by atoms with E-state index in [0.29, 0.717) is 5.56 Å². The van der Waals surface area contributed by atoms with Gasteiger partial charge in [0.25, 0.3) is 0 Å². The number of sulfone groups is 1. The molecule has 0 fully saturated rings. The number of urea groups is 1. The topological polar surface area (TPSA) is 75.3 Å². The molecule has 5 nitrogen and oxygen atoms in total. The molecular weight excluding hydrogens is 309 g/mol. The molecule has 118 valence electrons. The van der Waals surface area contributed by atoms with Crippen LogP contribution in [0.25, 0.3) is 0 Å². The summed E-state index contributed by atoms with van der Waals surface area (Å²) in [5.41, 5.74) is 0.574. The normalized spacial score (nSPS) is 13.6. The summed E-state index contributed by atoms with van der Waals surface area (Å²) < 4.78 is 58.4. The Morgan fingerprint density at radius 2 is 1.76 bits per heavy atom. The molecule has 0 aromatic heterocycles. The fourth-order valence-corrected chi connectivity index (χ4v) is 2.15. The molecule has 9 heteroatoms. The molecule has 2 N–H and O–H groups in total. The predicted octanol–water partition coefficient (Wildman–Crippen LogP) is 2.01. The van der Waals surface area contributed by atoms with Crippen LogP contribution >= 0.6 is 0 Å². The van der Waals surface area contributed by atoms with Crippen LogP contribution < -0.4 is 10.6 Å². The summed E-state index contributed by atoms with van der Waals surface area (Å²) in [5.74, 6) is 0. The van der Waals surface area contributed by atoms with Crippen LogP contribution in [0, 0.1) is 0 Å². The van der Waals surface area contributed by atoms with Crippen LogP contribution in [0.4, 0.5) is 18.0 Å². The SMILES string of the molecule is CC(NC(=O)NCC(F)(F)F)c1ccc(S(C)(=O)=O)cc1. The van der Waals surface area contributed by atoms with Gasteiger partial charge in [-0.25, -0.2) is 13.2 Å². The predicted molar refractivity (Wildman–Crippen MR) is 70.6 cm³/mol. The number of rotatable bonds is 4. The van der Waals surface area contributed by atoms with Crippen LogP contribution in [-0.2, 0) is 9.84 Å². The minimum atomic E-state index is -4.47. The molecule has 2 amide bonds. The van der Waals surface area contributed by atoms with Gasteiger partial charge in [0.2, 0.25) is 0 Å². The first-order valence-electron chi connectivity index (χ1n) is 5.90. The number of amides is 2. The fourth-order valence-electron chi connectivity index (χ4n) is 1.52. The lowest BCUT2D eigenvalue weighted by molar-refractivity contribution is -0.122. The number of hydrogen-bond donors (Lipinski definition) is 2. The van der Waals surface area contributed by atoms with Crippen molar-refractivity contribution in [1.29, 1.82) is 0 Å². The van der Waals surface area contributed by atoms with Crippen LogP contribution in [0.1, 0.15) is 18.5 Å². The molecule has 1 atom stereocenters. The third-order valence-corrected chi connectivity index (χ3v) is 3.73. The smallest absolute Gasteiger partial charge is 0.332 e. The van der Waals surface area contributed by atoms with E-state index in [0.717, 1.165) is 6.26 Å². The summed E-state index contributed by atoms with van der Waals surface area (Å²) in [4.78, 5) is 11.4. The van der Waals surface area contributed by atoms with E-state index in [4.69, 9.17) is 0 Å². The first-order chi connectivity index (χ1) is 9.49. The Hall–Kier alpha value is -1.77. The van der Waals surface area contributed by atoms with Gasteiger partial charge in [-0.3, -0.25) is 0 Å². The highest BCUT2D eigenvalue weighted by atomic mass is 32.2. The van der Waals surface area contributed by atoms with Gasteiger partial charge in [-0.2, -0.15) is 13.2 Å². The maximum absolute atomic E-state index is 11.9. The van der Waals surface area contributed by atoms with E-state index in [9.17, 15) is 26.4 Å². The third-order valence-electron chi connectivity index (χ3n) is 2.61. The third kappa shape index (κ3) is 6.03. The van der Waals surface area contributed by atoms with Gasteiger partial charge in [-0.1, -0.05) is 12.1 Å². The molecule has 0 radical (unpaired) electrons. The summed E-state index contributed by atoms with van der Waals surface area (Å²) in [7, 11) is -3.32. The molecule has 1 unspecified atom stereocenters. The number of carbonyl (C=O) groups is 1. The zero-order valence-corrected chi connectivity index (χ0v) is 12.2. The lowest BCUT2D eigenvalue weighted by Crippen LogP contribution is -2.41. The van der Waals surface area contributed by atoms with Gasteiger partial charge in [0, 0.05) is 6.26 Å². The Bertz CT molecular complexity index is 597. The number of hydrogen-bond acceptors (Lipinski definition) is 3. The van der Waals surface area contributed by atoms with Crippen molar-refractivity contribution in [3.8, 4) is 0 Å². The minimum Gasteiger partial charge on any atom is -0.332 e. The van der Waals surface area contributed by atoms with E-state index in [-0.39, 0.29) is 4.90 Å². The second-order valence-corrected chi connectivity index (χ2v) is 6.52. The van der Waals surface area contributed by atoms with Crippen molar-refractivity contribution in [2.75, 3.05) is 12.8 Å². The van der Waals surface area contributed by atoms with Gasteiger partial charge in [0.1, 0.15) is 6.54 Å². The van der Waals surface area contributed by atoms with Gasteiger partial charge in [-0.05, 0) is 24.6 Å². The number of carbonyl (C=O) groups excluding carboxylic acids is 1. The lowest BCUT2D eigenvalue weighted by atomic mass is 10.1. The number of nitrogens with one attached hydrogen (secondary N) is 2. The van der Waals surface area contributed by atoms with Crippen molar-refractivity contribution in [2.24, 2.45) is 0 Å². The van der Waals surface area contributed by atoms with E-state index in [1.807, 2.05) is 0 Å². The minimum absolute atomic E-state index is 0.125.